The second kappa shape index (κ2) is 13.8. The van der Waals surface area contributed by atoms with Gasteiger partial charge in [-0.2, -0.15) is 0 Å². The lowest BCUT2D eigenvalue weighted by atomic mass is 10.1. The summed E-state index contributed by atoms with van der Waals surface area (Å²) in [4.78, 5) is 20.9. The predicted octanol–water partition coefficient (Wildman–Crippen LogP) is 2.97. The van der Waals surface area contributed by atoms with Crippen molar-refractivity contribution in [3.05, 3.63) is 24.3 Å². The molecule has 4 N–H and O–H groups in total. The third-order valence-electron chi connectivity index (χ3n) is 3.06. The van der Waals surface area contributed by atoms with Gasteiger partial charge in [-0.15, -0.1) is 0 Å². The Morgan fingerprint density at radius 3 is 1.20 bits per heavy atom. The zero-order valence-electron chi connectivity index (χ0n) is 12.4. The molecular formula is C16H28N2O2. The van der Waals surface area contributed by atoms with Crippen molar-refractivity contribution in [2.45, 2.75) is 64.2 Å². The number of hydrogen-bond donors (Lipinski definition) is 2. The van der Waals surface area contributed by atoms with Gasteiger partial charge >= 0.3 is 0 Å². The van der Waals surface area contributed by atoms with Crippen LogP contribution in [0.1, 0.15) is 64.2 Å². The second-order valence-corrected chi connectivity index (χ2v) is 5.02. The zero-order chi connectivity index (χ0) is 15.1. The monoisotopic (exact) mass is 280 g/mol. The summed E-state index contributed by atoms with van der Waals surface area (Å²) >= 11 is 0. The van der Waals surface area contributed by atoms with Crippen LogP contribution in [0.25, 0.3) is 0 Å². The quantitative estimate of drug-likeness (QED) is 0.401. The van der Waals surface area contributed by atoms with Crippen molar-refractivity contribution < 1.29 is 9.59 Å². The Labute approximate surface area is 122 Å². The van der Waals surface area contributed by atoms with Crippen LogP contribution in [0.5, 0.6) is 0 Å². The number of rotatable bonds is 13. The van der Waals surface area contributed by atoms with Crippen molar-refractivity contribution in [3.8, 4) is 0 Å². The smallest absolute Gasteiger partial charge is 0.241 e. The molecule has 0 atom stereocenters. The van der Waals surface area contributed by atoms with Crippen LogP contribution in [-0.4, -0.2) is 11.8 Å². The van der Waals surface area contributed by atoms with Gasteiger partial charge in [0, 0.05) is 0 Å². The van der Waals surface area contributed by atoms with Gasteiger partial charge in [0.1, 0.15) is 0 Å². The molecule has 4 nitrogen and oxygen atoms in total. The van der Waals surface area contributed by atoms with Crippen molar-refractivity contribution in [1.29, 1.82) is 0 Å². The molecule has 0 bridgehead atoms. The van der Waals surface area contributed by atoms with Crippen LogP contribution in [-0.2, 0) is 9.59 Å². The highest BCUT2D eigenvalue weighted by Crippen LogP contribution is 2.10. The Morgan fingerprint density at radius 2 is 0.900 bits per heavy atom. The van der Waals surface area contributed by atoms with Crippen LogP contribution >= 0.6 is 0 Å². The molecule has 0 radical (unpaired) electrons. The third kappa shape index (κ3) is 16.4. The first-order chi connectivity index (χ1) is 9.63. The summed E-state index contributed by atoms with van der Waals surface area (Å²) in [5.74, 6) is -0.730. The fourth-order valence-corrected chi connectivity index (χ4v) is 1.98. The molecule has 0 saturated carbocycles. The van der Waals surface area contributed by atoms with Gasteiger partial charge in [-0.3, -0.25) is 9.59 Å². The summed E-state index contributed by atoms with van der Waals surface area (Å²) in [5.41, 5.74) is 9.99. The Hall–Kier alpha value is -1.58. The van der Waals surface area contributed by atoms with Gasteiger partial charge in [0.2, 0.25) is 11.8 Å². The Balaban J connectivity index is 3.13. The maximum atomic E-state index is 10.4. The van der Waals surface area contributed by atoms with Gasteiger partial charge in [0.25, 0.3) is 0 Å². The van der Waals surface area contributed by atoms with E-state index in [4.69, 9.17) is 11.5 Å². The van der Waals surface area contributed by atoms with Gasteiger partial charge in [-0.1, -0.05) is 50.7 Å². The van der Waals surface area contributed by atoms with E-state index in [1.54, 1.807) is 0 Å². The largest absolute Gasteiger partial charge is 0.366 e. The van der Waals surface area contributed by atoms with E-state index >= 15 is 0 Å². The lowest BCUT2D eigenvalue weighted by Crippen LogP contribution is -2.05. The summed E-state index contributed by atoms with van der Waals surface area (Å²) in [6.45, 7) is 0. The summed E-state index contributed by atoms with van der Waals surface area (Å²) in [6.07, 6.45) is 18.2. The van der Waals surface area contributed by atoms with Crippen molar-refractivity contribution in [1.82, 2.24) is 0 Å². The van der Waals surface area contributed by atoms with Gasteiger partial charge in [0.05, 0.1) is 0 Å². The van der Waals surface area contributed by atoms with E-state index in [2.05, 4.69) is 0 Å². The molecule has 0 aliphatic carbocycles. The summed E-state index contributed by atoms with van der Waals surface area (Å²) in [5, 5.41) is 0. The SMILES string of the molecule is NC(=O)/C=C/CCCCCCCCCC/C=C/C(N)=O. The summed E-state index contributed by atoms with van der Waals surface area (Å²) in [6, 6.07) is 0. The maximum Gasteiger partial charge on any atom is 0.241 e. The highest BCUT2D eigenvalue weighted by molar-refractivity contribution is 5.85. The molecule has 4 heteroatoms. The number of hydrogen-bond acceptors (Lipinski definition) is 2. The molecule has 114 valence electrons. The third-order valence-corrected chi connectivity index (χ3v) is 3.06. The van der Waals surface area contributed by atoms with Crippen LogP contribution in [0, 0.1) is 0 Å². The van der Waals surface area contributed by atoms with Gasteiger partial charge in [0.15, 0.2) is 0 Å². The van der Waals surface area contributed by atoms with Crippen LogP contribution < -0.4 is 11.5 Å². The summed E-state index contributed by atoms with van der Waals surface area (Å²) < 4.78 is 0. The van der Waals surface area contributed by atoms with Crippen LogP contribution in [0.3, 0.4) is 0 Å². The minimum atomic E-state index is -0.365. The molecule has 0 unspecified atom stereocenters. The Kier molecular flexibility index (Phi) is 12.7. The van der Waals surface area contributed by atoms with Crippen molar-refractivity contribution in [2.24, 2.45) is 11.5 Å². The van der Waals surface area contributed by atoms with E-state index in [9.17, 15) is 9.59 Å². The first-order valence-electron chi connectivity index (χ1n) is 7.55. The van der Waals surface area contributed by atoms with E-state index in [1.165, 1.54) is 50.7 Å². The molecule has 2 amide bonds. The minimum absolute atomic E-state index is 0.365. The molecule has 0 aliphatic heterocycles. The van der Waals surface area contributed by atoms with Crippen molar-refractivity contribution in [2.75, 3.05) is 0 Å². The van der Waals surface area contributed by atoms with Gasteiger partial charge in [-0.25, -0.2) is 0 Å². The Bertz CT molecular complexity index is 290. The molecule has 0 spiro atoms. The van der Waals surface area contributed by atoms with E-state index in [1.807, 2.05) is 12.2 Å². The molecule has 20 heavy (non-hydrogen) atoms. The number of nitrogens with two attached hydrogens (primary N) is 2. The highest BCUT2D eigenvalue weighted by Gasteiger charge is 1.92. The lowest BCUT2D eigenvalue weighted by molar-refractivity contribution is -0.114. The highest BCUT2D eigenvalue weighted by atomic mass is 16.1. The van der Waals surface area contributed by atoms with Crippen molar-refractivity contribution in [3.63, 3.8) is 0 Å². The second-order valence-electron chi connectivity index (χ2n) is 5.02. The van der Waals surface area contributed by atoms with Crippen LogP contribution in [0.15, 0.2) is 24.3 Å². The fraction of sp³-hybridized carbons (Fsp3) is 0.625. The first-order valence-corrected chi connectivity index (χ1v) is 7.55. The number of amides is 2. The van der Waals surface area contributed by atoms with Crippen LogP contribution in [0.4, 0.5) is 0 Å². The molecule has 0 fully saturated rings. The maximum absolute atomic E-state index is 10.4. The topological polar surface area (TPSA) is 86.2 Å². The zero-order valence-corrected chi connectivity index (χ0v) is 12.4. The van der Waals surface area contributed by atoms with E-state index in [0.29, 0.717) is 0 Å². The number of allylic oxidation sites excluding steroid dienone is 2. The first kappa shape index (κ1) is 18.4. The standard InChI is InChI=1S/C16H28N2O2/c17-15(19)13-11-9-7-5-3-1-2-4-6-8-10-12-14-16(18)20/h11-14H,1-10H2,(H2,17,19)(H2,18,20)/b13-11+,14-12+. The van der Waals surface area contributed by atoms with E-state index in [-0.39, 0.29) is 11.8 Å². The number of unbranched alkanes of at least 4 members (excludes halogenated alkanes) is 9. The van der Waals surface area contributed by atoms with Gasteiger partial charge in [-0.05, 0) is 37.8 Å². The minimum Gasteiger partial charge on any atom is -0.366 e. The number of primary amides is 2. The molecule has 0 heterocycles. The van der Waals surface area contributed by atoms with Crippen molar-refractivity contribution >= 4 is 11.8 Å². The lowest BCUT2D eigenvalue weighted by Gasteiger charge is -2.00. The molecule has 0 rings (SSSR count). The van der Waals surface area contributed by atoms with E-state index < -0.39 is 0 Å². The molecule has 0 aromatic rings. The molecule has 0 aliphatic rings. The average Bonchev–Trinajstić information content (AvgIpc) is 2.38. The molecule has 0 aromatic carbocycles. The van der Waals surface area contributed by atoms with Gasteiger partial charge < -0.3 is 11.5 Å². The Morgan fingerprint density at radius 1 is 0.600 bits per heavy atom. The normalized spacial score (nSPS) is 11.4. The predicted molar refractivity (Wildman–Crippen MR) is 82.8 cm³/mol. The molecule has 0 saturated heterocycles. The fourth-order valence-electron chi connectivity index (χ4n) is 1.98. The summed E-state index contributed by atoms with van der Waals surface area (Å²) in [7, 11) is 0. The average molecular weight is 280 g/mol. The number of carbonyl (C=O) groups is 2. The van der Waals surface area contributed by atoms with Crippen LogP contribution in [0.2, 0.25) is 0 Å². The molecular weight excluding hydrogens is 252 g/mol. The van der Waals surface area contributed by atoms with E-state index in [0.717, 1.165) is 25.7 Å². The molecule has 0 aromatic heterocycles. The number of carbonyl (C=O) groups excluding carboxylic acids is 2.